The number of rotatable bonds is 4. The molecule has 0 aromatic heterocycles. The van der Waals surface area contributed by atoms with E-state index in [1.54, 1.807) is 20.1 Å². The second-order valence-electron chi connectivity index (χ2n) is 3.56. The Balaban J connectivity index is 2.73. The molecule has 0 amide bonds. The third-order valence-electron chi connectivity index (χ3n) is 2.28. The molecule has 1 rings (SSSR count). The van der Waals surface area contributed by atoms with Crippen molar-refractivity contribution in [3.63, 3.8) is 0 Å². The van der Waals surface area contributed by atoms with Gasteiger partial charge < -0.3 is 9.84 Å². The Labute approximate surface area is 89.9 Å². The van der Waals surface area contributed by atoms with Crippen molar-refractivity contribution < 1.29 is 9.84 Å². The van der Waals surface area contributed by atoms with Crippen molar-refractivity contribution in [1.29, 1.82) is 5.26 Å². The lowest BCUT2D eigenvalue weighted by Crippen LogP contribution is -2.03. The molecule has 0 aliphatic heterocycles. The molecule has 0 saturated carbocycles. The van der Waals surface area contributed by atoms with E-state index < -0.39 is 6.10 Å². The fourth-order valence-corrected chi connectivity index (χ4v) is 1.37. The monoisotopic (exact) mass is 205 g/mol. The van der Waals surface area contributed by atoms with Gasteiger partial charge in [0.25, 0.3) is 0 Å². The molecular formula is C12H15NO2. The summed E-state index contributed by atoms with van der Waals surface area (Å²) in [4.78, 5) is 0. The van der Waals surface area contributed by atoms with E-state index in [0.717, 1.165) is 11.3 Å². The first kappa shape index (κ1) is 11.5. The molecule has 1 aromatic rings. The number of hydrogen-bond acceptors (Lipinski definition) is 3. The van der Waals surface area contributed by atoms with Gasteiger partial charge in [-0.1, -0.05) is 12.1 Å². The largest absolute Gasteiger partial charge is 0.497 e. The predicted octanol–water partition coefficient (Wildman–Crippen LogP) is 2.28. The number of methoxy groups -OCH3 is 1. The van der Waals surface area contributed by atoms with Gasteiger partial charge in [-0.25, -0.2) is 0 Å². The lowest BCUT2D eigenvalue weighted by atomic mass is 9.99. The molecule has 0 aliphatic rings. The Morgan fingerprint density at radius 3 is 2.87 bits per heavy atom. The highest BCUT2D eigenvalue weighted by Crippen LogP contribution is 2.23. The standard InChI is InChI=1S/C12H15NO2/c1-9(8-13)6-12(14)10-4-3-5-11(7-10)15-2/h3-5,7,9,12,14H,6H2,1-2H3. The van der Waals surface area contributed by atoms with Gasteiger partial charge in [-0.2, -0.15) is 5.26 Å². The summed E-state index contributed by atoms with van der Waals surface area (Å²) in [6, 6.07) is 9.37. The topological polar surface area (TPSA) is 53.2 Å². The molecule has 2 atom stereocenters. The average molecular weight is 205 g/mol. The molecule has 1 aromatic carbocycles. The van der Waals surface area contributed by atoms with E-state index in [2.05, 4.69) is 6.07 Å². The SMILES string of the molecule is COc1cccc(C(O)CC(C)C#N)c1. The Morgan fingerprint density at radius 2 is 2.27 bits per heavy atom. The molecule has 0 bridgehead atoms. The highest BCUT2D eigenvalue weighted by atomic mass is 16.5. The van der Waals surface area contributed by atoms with Crippen molar-refractivity contribution in [3.05, 3.63) is 29.8 Å². The van der Waals surface area contributed by atoms with Crippen LogP contribution in [0.2, 0.25) is 0 Å². The van der Waals surface area contributed by atoms with Crippen LogP contribution in [0.15, 0.2) is 24.3 Å². The zero-order chi connectivity index (χ0) is 11.3. The number of nitriles is 1. The van der Waals surface area contributed by atoms with E-state index in [1.165, 1.54) is 0 Å². The summed E-state index contributed by atoms with van der Waals surface area (Å²) in [5.41, 5.74) is 0.788. The van der Waals surface area contributed by atoms with Crippen LogP contribution in [0.4, 0.5) is 0 Å². The van der Waals surface area contributed by atoms with E-state index in [4.69, 9.17) is 10.00 Å². The van der Waals surface area contributed by atoms with Gasteiger partial charge in [0.05, 0.1) is 19.3 Å². The third-order valence-corrected chi connectivity index (χ3v) is 2.28. The van der Waals surface area contributed by atoms with Crippen LogP contribution in [0.3, 0.4) is 0 Å². The van der Waals surface area contributed by atoms with Gasteiger partial charge in [0.15, 0.2) is 0 Å². The van der Waals surface area contributed by atoms with Crippen LogP contribution in [0.25, 0.3) is 0 Å². The maximum absolute atomic E-state index is 9.84. The molecule has 0 heterocycles. The Bertz CT molecular complexity index is 357. The second-order valence-corrected chi connectivity index (χ2v) is 3.56. The van der Waals surface area contributed by atoms with Gasteiger partial charge in [-0.15, -0.1) is 0 Å². The van der Waals surface area contributed by atoms with Crippen LogP contribution < -0.4 is 4.74 Å². The van der Waals surface area contributed by atoms with E-state index in [-0.39, 0.29) is 5.92 Å². The molecule has 80 valence electrons. The van der Waals surface area contributed by atoms with Crippen LogP contribution in [0, 0.1) is 17.2 Å². The summed E-state index contributed by atoms with van der Waals surface area (Å²) in [5, 5.41) is 18.5. The van der Waals surface area contributed by atoms with Gasteiger partial charge in [0, 0.05) is 5.92 Å². The number of hydrogen-bond donors (Lipinski definition) is 1. The lowest BCUT2D eigenvalue weighted by molar-refractivity contribution is 0.156. The number of nitrogens with zero attached hydrogens (tertiary/aromatic N) is 1. The molecule has 0 fully saturated rings. The maximum Gasteiger partial charge on any atom is 0.119 e. The molecule has 0 aliphatic carbocycles. The molecule has 0 radical (unpaired) electrons. The first-order valence-corrected chi connectivity index (χ1v) is 4.89. The van der Waals surface area contributed by atoms with Gasteiger partial charge in [-0.05, 0) is 31.0 Å². The quantitative estimate of drug-likeness (QED) is 0.820. The van der Waals surface area contributed by atoms with Crippen molar-refractivity contribution in [2.24, 2.45) is 5.92 Å². The minimum atomic E-state index is -0.602. The van der Waals surface area contributed by atoms with E-state index in [0.29, 0.717) is 6.42 Å². The van der Waals surface area contributed by atoms with Crippen LogP contribution >= 0.6 is 0 Å². The second kappa shape index (κ2) is 5.38. The molecule has 1 N–H and O–H groups in total. The van der Waals surface area contributed by atoms with Crippen molar-refractivity contribution >= 4 is 0 Å². The summed E-state index contributed by atoms with van der Waals surface area (Å²) in [6.45, 7) is 1.80. The van der Waals surface area contributed by atoms with Crippen LogP contribution in [-0.2, 0) is 0 Å². The van der Waals surface area contributed by atoms with Crippen molar-refractivity contribution in [3.8, 4) is 11.8 Å². The highest BCUT2D eigenvalue weighted by molar-refractivity contribution is 5.29. The summed E-state index contributed by atoms with van der Waals surface area (Å²) in [5.74, 6) is 0.572. The van der Waals surface area contributed by atoms with E-state index in [1.807, 2.05) is 18.2 Å². The first-order valence-electron chi connectivity index (χ1n) is 4.89. The van der Waals surface area contributed by atoms with E-state index in [9.17, 15) is 5.11 Å². The van der Waals surface area contributed by atoms with Crippen LogP contribution in [0.1, 0.15) is 25.0 Å². The fourth-order valence-electron chi connectivity index (χ4n) is 1.37. The fraction of sp³-hybridized carbons (Fsp3) is 0.417. The zero-order valence-corrected chi connectivity index (χ0v) is 8.97. The molecule has 0 spiro atoms. The molecule has 2 unspecified atom stereocenters. The minimum Gasteiger partial charge on any atom is -0.497 e. The van der Waals surface area contributed by atoms with E-state index >= 15 is 0 Å². The third kappa shape index (κ3) is 3.26. The zero-order valence-electron chi connectivity index (χ0n) is 8.97. The number of aliphatic hydroxyl groups excluding tert-OH is 1. The van der Waals surface area contributed by atoms with Gasteiger partial charge in [0.2, 0.25) is 0 Å². The highest BCUT2D eigenvalue weighted by Gasteiger charge is 2.12. The minimum absolute atomic E-state index is 0.147. The maximum atomic E-state index is 9.84. The predicted molar refractivity (Wildman–Crippen MR) is 57.3 cm³/mol. The lowest BCUT2D eigenvalue weighted by Gasteiger charge is -2.12. The van der Waals surface area contributed by atoms with Crippen LogP contribution in [0.5, 0.6) is 5.75 Å². The average Bonchev–Trinajstić information content (AvgIpc) is 2.28. The van der Waals surface area contributed by atoms with Crippen molar-refractivity contribution in [1.82, 2.24) is 0 Å². The van der Waals surface area contributed by atoms with Gasteiger partial charge >= 0.3 is 0 Å². The van der Waals surface area contributed by atoms with Gasteiger partial charge in [0.1, 0.15) is 5.75 Å². The molecule has 3 heteroatoms. The molecule has 3 nitrogen and oxygen atoms in total. The Kier molecular flexibility index (Phi) is 4.14. The summed E-state index contributed by atoms with van der Waals surface area (Å²) in [7, 11) is 1.59. The number of benzene rings is 1. The van der Waals surface area contributed by atoms with Crippen LogP contribution in [-0.4, -0.2) is 12.2 Å². The summed E-state index contributed by atoms with van der Waals surface area (Å²) < 4.78 is 5.06. The smallest absolute Gasteiger partial charge is 0.119 e. The van der Waals surface area contributed by atoms with Gasteiger partial charge in [-0.3, -0.25) is 0 Å². The molecule has 15 heavy (non-hydrogen) atoms. The number of ether oxygens (including phenoxy) is 1. The Morgan fingerprint density at radius 1 is 1.53 bits per heavy atom. The summed E-state index contributed by atoms with van der Waals surface area (Å²) in [6.07, 6.45) is -0.154. The molecule has 0 saturated heterocycles. The normalized spacial score (nSPS) is 14.0. The molecular weight excluding hydrogens is 190 g/mol. The summed E-state index contributed by atoms with van der Waals surface area (Å²) >= 11 is 0. The van der Waals surface area contributed by atoms with Crippen molar-refractivity contribution in [2.45, 2.75) is 19.4 Å². The number of aliphatic hydroxyl groups is 1. The Hall–Kier alpha value is -1.53. The first-order chi connectivity index (χ1) is 7.17. The van der Waals surface area contributed by atoms with Crippen molar-refractivity contribution in [2.75, 3.05) is 7.11 Å².